The van der Waals surface area contributed by atoms with Crippen LogP contribution in [0.25, 0.3) is 0 Å². The molecule has 2 amide bonds. The summed E-state index contributed by atoms with van der Waals surface area (Å²) in [5, 5.41) is 3.00. The maximum absolute atomic E-state index is 13.2. The van der Waals surface area contributed by atoms with Crippen molar-refractivity contribution in [3.05, 3.63) is 70.8 Å². The minimum atomic E-state index is -0.536. The van der Waals surface area contributed by atoms with Gasteiger partial charge < -0.3 is 10.2 Å². The number of hydrogen-bond donors (Lipinski definition) is 1. The highest BCUT2D eigenvalue weighted by atomic mass is 16.2. The summed E-state index contributed by atoms with van der Waals surface area (Å²) >= 11 is 0. The molecule has 0 aliphatic rings. The number of carbonyl (C=O) groups excluding carboxylic acids is 2. The predicted octanol–water partition coefficient (Wildman–Crippen LogP) is 4.18. The number of amides is 2. The van der Waals surface area contributed by atoms with E-state index in [9.17, 15) is 9.59 Å². The number of nitrogens with one attached hydrogen (secondary N) is 1. The fourth-order valence-corrected chi connectivity index (χ4v) is 3.00. The number of aryl methyl sites for hydroxylation is 2. The molecule has 2 aromatic rings. The normalized spacial score (nSPS) is 12.9. The second-order valence-corrected chi connectivity index (χ2v) is 7.60. The summed E-state index contributed by atoms with van der Waals surface area (Å²) in [5.41, 5.74) is 4.29. The van der Waals surface area contributed by atoms with Crippen molar-refractivity contribution >= 4 is 11.8 Å². The van der Waals surface area contributed by atoms with E-state index in [0.29, 0.717) is 6.54 Å². The van der Waals surface area contributed by atoms with Gasteiger partial charge in [-0.05, 0) is 50.8 Å². The highest BCUT2D eigenvalue weighted by molar-refractivity contribution is 5.88. The third-order valence-corrected chi connectivity index (χ3v) is 5.25. The van der Waals surface area contributed by atoms with Crippen molar-refractivity contribution in [3.8, 4) is 0 Å². The lowest BCUT2D eigenvalue weighted by atomic mass is 10.0. The summed E-state index contributed by atoms with van der Waals surface area (Å²) in [6.45, 7) is 10.3. The second-order valence-electron chi connectivity index (χ2n) is 7.60. The molecule has 150 valence electrons. The zero-order valence-electron chi connectivity index (χ0n) is 17.7. The minimum Gasteiger partial charge on any atom is -0.352 e. The van der Waals surface area contributed by atoms with Crippen molar-refractivity contribution in [2.24, 2.45) is 0 Å². The Morgan fingerprint density at radius 1 is 1.00 bits per heavy atom. The fraction of sp³-hybridized carbons (Fsp3) is 0.417. The van der Waals surface area contributed by atoms with Crippen LogP contribution in [0.4, 0.5) is 0 Å². The average Bonchev–Trinajstić information content (AvgIpc) is 2.68. The highest BCUT2D eigenvalue weighted by Gasteiger charge is 2.27. The Morgan fingerprint density at radius 2 is 1.64 bits per heavy atom. The number of hydrogen-bond acceptors (Lipinski definition) is 2. The van der Waals surface area contributed by atoms with Gasteiger partial charge in [-0.2, -0.15) is 0 Å². The van der Waals surface area contributed by atoms with E-state index < -0.39 is 6.04 Å². The number of nitrogens with zero attached hydrogens (tertiary/aromatic N) is 1. The van der Waals surface area contributed by atoms with Crippen LogP contribution in [0.2, 0.25) is 0 Å². The summed E-state index contributed by atoms with van der Waals surface area (Å²) in [7, 11) is 0. The lowest BCUT2D eigenvalue weighted by molar-refractivity contribution is -0.140. The monoisotopic (exact) mass is 380 g/mol. The zero-order chi connectivity index (χ0) is 20.7. The lowest BCUT2D eigenvalue weighted by Crippen LogP contribution is -2.50. The van der Waals surface area contributed by atoms with E-state index in [2.05, 4.69) is 5.32 Å². The average molecular weight is 381 g/mol. The van der Waals surface area contributed by atoms with E-state index in [1.807, 2.05) is 83.1 Å². The summed E-state index contributed by atoms with van der Waals surface area (Å²) in [6.07, 6.45) is 1.14. The molecule has 0 saturated carbocycles. The van der Waals surface area contributed by atoms with Crippen LogP contribution in [-0.4, -0.2) is 28.8 Å². The van der Waals surface area contributed by atoms with Crippen LogP contribution in [-0.2, 0) is 22.6 Å². The summed E-state index contributed by atoms with van der Waals surface area (Å²) < 4.78 is 0. The van der Waals surface area contributed by atoms with E-state index in [4.69, 9.17) is 0 Å². The summed E-state index contributed by atoms with van der Waals surface area (Å²) in [4.78, 5) is 27.6. The van der Waals surface area contributed by atoms with Crippen LogP contribution in [0.15, 0.2) is 48.5 Å². The van der Waals surface area contributed by atoms with Gasteiger partial charge >= 0.3 is 0 Å². The Hall–Kier alpha value is -2.62. The van der Waals surface area contributed by atoms with Gasteiger partial charge in [0.05, 0.1) is 6.42 Å². The first-order valence-corrected chi connectivity index (χ1v) is 10.0. The molecule has 2 rings (SSSR count). The Balaban J connectivity index is 2.23. The Labute approximate surface area is 169 Å². The molecule has 4 heteroatoms. The van der Waals surface area contributed by atoms with Gasteiger partial charge in [0.25, 0.3) is 0 Å². The van der Waals surface area contributed by atoms with Gasteiger partial charge in [0.1, 0.15) is 6.04 Å². The van der Waals surface area contributed by atoms with Crippen LogP contribution in [0.5, 0.6) is 0 Å². The standard InChI is InChI=1S/C24H32N2O2/c1-6-19(4)25-24(28)20(5)26(16-22-10-8-7-9-18(22)3)23(27)15-21-13-11-17(2)12-14-21/h7-14,19-20H,6,15-16H2,1-5H3,(H,25,28)/t19-,20-/m1/s1. The molecule has 0 bridgehead atoms. The Bertz CT molecular complexity index is 799. The smallest absolute Gasteiger partial charge is 0.242 e. The molecule has 0 unspecified atom stereocenters. The van der Waals surface area contributed by atoms with E-state index in [0.717, 1.165) is 28.7 Å². The predicted molar refractivity (Wildman–Crippen MR) is 114 cm³/mol. The first-order valence-electron chi connectivity index (χ1n) is 10.0. The van der Waals surface area contributed by atoms with Crippen LogP contribution in [0.3, 0.4) is 0 Å². The number of rotatable bonds is 8. The second kappa shape index (κ2) is 10.1. The lowest BCUT2D eigenvalue weighted by Gasteiger charge is -2.30. The molecule has 0 spiro atoms. The molecule has 1 N–H and O–H groups in total. The minimum absolute atomic E-state index is 0.0427. The maximum Gasteiger partial charge on any atom is 0.242 e. The molecule has 0 radical (unpaired) electrons. The Kier molecular flexibility index (Phi) is 7.80. The highest BCUT2D eigenvalue weighted by Crippen LogP contribution is 2.16. The summed E-state index contributed by atoms with van der Waals surface area (Å²) in [6, 6.07) is 15.5. The SMILES string of the molecule is CC[C@@H](C)NC(=O)[C@@H](C)N(Cc1ccccc1C)C(=O)Cc1ccc(C)cc1. The molecule has 4 nitrogen and oxygen atoms in total. The van der Waals surface area contributed by atoms with Gasteiger partial charge in [0.2, 0.25) is 11.8 Å². The topological polar surface area (TPSA) is 49.4 Å². The summed E-state index contributed by atoms with van der Waals surface area (Å²) in [5.74, 6) is -0.154. The first-order chi connectivity index (χ1) is 13.3. The van der Waals surface area contributed by atoms with Crippen LogP contribution in [0, 0.1) is 13.8 Å². The molecule has 0 saturated heterocycles. The van der Waals surface area contributed by atoms with E-state index in [1.165, 1.54) is 0 Å². The van der Waals surface area contributed by atoms with Gasteiger partial charge in [-0.25, -0.2) is 0 Å². The molecule has 0 heterocycles. The van der Waals surface area contributed by atoms with E-state index in [-0.39, 0.29) is 24.3 Å². The molecular formula is C24H32N2O2. The van der Waals surface area contributed by atoms with Crippen molar-refractivity contribution in [1.82, 2.24) is 10.2 Å². The van der Waals surface area contributed by atoms with Gasteiger partial charge in [-0.1, -0.05) is 61.0 Å². The van der Waals surface area contributed by atoms with Crippen LogP contribution >= 0.6 is 0 Å². The van der Waals surface area contributed by atoms with Gasteiger partial charge in [0, 0.05) is 12.6 Å². The van der Waals surface area contributed by atoms with E-state index >= 15 is 0 Å². The molecule has 28 heavy (non-hydrogen) atoms. The molecular weight excluding hydrogens is 348 g/mol. The number of benzene rings is 2. The van der Waals surface area contributed by atoms with Gasteiger partial charge in [-0.15, -0.1) is 0 Å². The Morgan fingerprint density at radius 3 is 2.25 bits per heavy atom. The van der Waals surface area contributed by atoms with E-state index in [1.54, 1.807) is 4.90 Å². The molecule has 0 aliphatic carbocycles. The van der Waals surface area contributed by atoms with Crippen LogP contribution in [0.1, 0.15) is 49.4 Å². The molecule has 2 aromatic carbocycles. The quantitative estimate of drug-likeness (QED) is 0.747. The molecule has 0 fully saturated rings. The zero-order valence-corrected chi connectivity index (χ0v) is 17.7. The van der Waals surface area contributed by atoms with Gasteiger partial charge in [-0.3, -0.25) is 9.59 Å². The molecule has 0 aliphatic heterocycles. The third-order valence-electron chi connectivity index (χ3n) is 5.25. The largest absolute Gasteiger partial charge is 0.352 e. The van der Waals surface area contributed by atoms with Crippen molar-refractivity contribution in [3.63, 3.8) is 0 Å². The van der Waals surface area contributed by atoms with Crippen molar-refractivity contribution in [1.29, 1.82) is 0 Å². The van der Waals surface area contributed by atoms with Gasteiger partial charge in [0.15, 0.2) is 0 Å². The molecule has 0 aromatic heterocycles. The van der Waals surface area contributed by atoms with Crippen molar-refractivity contribution in [2.45, 2.75) is 66.1 Å². The van der Waals surface area contributed by atoms with Crippen molar-refractivity contribution in [2.75, 3.05) is 0 Å². The third kappa shape index (κ3) is 5.95. The molecule has 2 atom stereocenters. The van der Waals surface area contributed by atoms with Crippen LogP contribution < -0.4 is 5.32 Å². The number of carbonyl (C=O) groups is 2. The first kappa shape index (κ1) is 21.7. The fourth-order valence-electron chi connectivity index (χ4n) is 3.00. The maximum atomic E-state index is 13.2. The van der Waals surface area contributed by atoms with Crippen molar-refractivity contribution < 1.29 is 9.59 Å².